The molecule has 0 aliphatic carbocycles. The summed E-state index contributed by atoms with van der Waals surface area (Å²) in [6, 6.07) is 3.22. The number of ketones is 1. The van der Waals surface area contributed by atoms with Gasteiger partial charge >= 0.3 is 0 Å². The first-order valence-corrected chi connectivity index (χ1v) is 5.18. The van der Waals surface area contributed by atoms with Gasteiger partial charge in [0.15, 0.2) is 0 Å². The first-order valence-electron chi connectivity index (χ1n) is 4.65. The molecule has 0 N–H and O–H groups in total. The van der Waals surface area contributed by atoms with Crippen LogP contribution < -0.4 is 0 Å². The third-order valence-electron chi connectivity index (χ3n) is 1.99. The summed E-state index contributed by atoms with van der Waals surface area (Å²) in [4.78, 5) is 11.3. The van der Waals surface area contributed by atoms with Crippen molar-refractivity contribution in [3.8, 4) is 0 Å². The zero-order chi connectivity index (χ0) is 11.3. The number of carbonyl (C=O) groups is 1. The molecule has 0 spiro atoms. The largest absolute Gasteiger partial charge is 0.299 e. The molecule has 0 amide bonds. The Balaban J connectivity index is 2.60. The van der Waals surface area contributed by atoms with Gasteiger partial charge in [0, 0.05) is 24.8 Å². The molecular weight excluding hydrogens is 222 g/mol. The van der Waals surface area contributed by atoms with Gasteiger partial charge in [-0.05, 0) is 18.1 Å². The zero-order valence-corrected chi connectivity index (χ0v) is 8.86. The first kappa shape index (κ1) is 12.1. The molecule has 0 fully saturated rings. The fourth-order valence-corrected chi connectivity index (χ4v) is 1.36. The maximum absolute atomic E-state index is 13.1. The highest BCUT2D eigenvalue weighted by atomic mass is 35.5. The summed E-state index contributed by atoms with van der Waals surface area (Å²) < 4.78 is 25.7. The molecule has 0 aliphatic heterocycles. The Labute approximate surface area is 92.1 Å². The van der Waals surface area contributed by atoms with E-state index in [2.05, 4.69) is 0 Å². The molecule has 0 saturated heterocycles. The Bertz CT molecular complexity index is 352. The minimum atomic E-state index is -0.672. The average molecular weight is 233 g/mol. The Morgan fingerprint density at radius 2 is 2.07 bits per heavy atom. The maximum Gasteiger partial charge on any atom is 0.137 e. The van der Waals surface area contributed by atoms with E-state index in [1.54, 1.807) is 0 Å². The van der Waals surface area contributed by atoms with Crippen LogP contribution in [-0.4, -0.2) is 11.7 Å². The van der Waals surface area contributed by atoms with Crippen molar-refractivity contribution in [3.63, 3.8) is 0 Å². The van der Waals surface area contributed by atoms with Crippen molar-refractivity contribution in [2.45, 2.75) is 19.3 Å². The van der Waals surface area contributed by atoms with Crippen molar-refractivity contribution < 1.29 is 13.6 Å². The lowest BCUT2D eigenvalue weighted by molar-refractivity contribution is -0.118. The number of Topliss-reactive ketones (excluding diaryl/α,β-unsaturated/α-hetero) is 1. The molecule has 15 heavy (non-hydrogen) atoms. The van der Waals surface area contributed by atoms with Crippen LogP contribution in [0.5, 0.6) is 0 Å². The first-order chi connectivity index (χ1) is 7.13. The molecule has 0 bridgehead atoms. The smallest absolute Gasteiger partial charge is 0.137 e. The predicted molar refractivity (Wildman–Crippen MR) is 55.0 cm³/mol. The summed E-state index contributed by atoms with van der Waals surface area (Å²) >= 11 is 5.42. The molecule has 0 radical (unpaired) electrons. The van der Waals surface area contributed by atoms with E-state index in [1.165, 1.54) is 6.07 Å². The highest BCUT2D eigenvalue weighted by molar-refractivity contribution is 6.17. The monoisotopic (exact) mass is 232 g/mol. The third kappa shape index (κ3) is 3.96. The topological polar surface area (TPSA) is 17.1 Å². The molecule has 82 valence electrons. The van der Waals surface area contributed by atoms with Gasteiger partial charge < -0.3 is 0 Å². The van der Waals surface area contributed by atoms with E-state index in [9.17, 15) is 13.6 Å². The van der Waals surface area contributed by atoms with Crippen molar-refractivity contribution in [3.05, 3.63) is 35.4 Å². The van der Waals surface area contributed by atoms with Gasteiger partial charge in [-0.25, -0.2) is 8.78 Å². The van der Waals surface area contributed by atoms with Crippen molar-refractivity contribution >= 4 is 17.4 Å². The van der Waals surface area contributed by atoms with Gasteiger partial charge in [0.05, 0.1) is 0 Å². The van der Waals surface area contributed by atoms with Gasteiger partial charge in [-0.3, -0.25) is 4.79 Å². The number of hydrogen-bond acceptors (Lipinski definition) is 1. The molecule has 0 saturated carbocycles. The lowest BCUT2D eigenvalue weighted by Crippen LogP contribution is -2.04. The zero-order valence-electron chi connectivity index (χ0n) is 8.10. The summed E-state index contributed by atoms with van der Waals surface area (Å²) in [7, 11) is 0. The number of benzene rings is 1. The minimum absolute atomic E-state index is 0.00298. The summed E-state index contributed by atoms with van der Waals surface area (Å²) in [5.74, 6) is -0.975. The quantitative estimate of drug-likeness (QED) is 0.713. The van der Waals surface area contributed by atoms with E-state index in [0.29, 0.717) is 18.7 Å². The number of alkyl halides is 1. The molecule has 0 unspecified atom stereocenters. The van der Waals surface area contributed by atoms with Crippen molar-refractivity contribution in [2.24, 2.45) is 0 Å². The van der Waals surface area contributed by atoms with Gasteiger partial charge in [0.2, 0.25) is 0 Å². The van der Waals surface area contributed by atoms with Crippen LogP contribution >= 0.6 is 11.6 Å². The molecule has 0 aliphatic rings. The van der Waals surface area contributed by atoms with Crippen molar-refractivity contribution in [1.29, 1.82) is 0 Å². The number of hydrogen-bond donors (Lipinski definition) is 0. The normalized spacial score (nSPS) is 10.3. The van der Waals surface area contributed by atoms with E-state index >= 15 is 0 Å². The average Bonchev–Trinajstić information content (AvgIpc) is 2.19. The van der Waals surface area contributed by atoms with Gasteiger partial charge in [-0.15, -0.1) is 11.6 Å². The summed E-state index contributed by atoms with van der Waals surface area (Å²) in [6.45, 7) is 0. The van der Waals surface area contributed by atoms with Crippen LogP contribution in [0.15, 0.2) is 18.2 Å². The fourth-order valence-electron chi connectivity index (χ4n) is 1.23. The van der Waals surface area contributed by atoms with Gasteiger partial charge in [0.1, 0.15) is 17.4 Å². The van der Waals surface area contributed by atoms with E-state index < -0.39 is 11.6 Å². The lowest BCUT2D eigenvalue weighted by Gasteiger charge is -2.02. The molecule has 4 heteroatoms. The standard InChI is InChI=1S/C11H11ClF2O/c12-5-1-2-10(15)6-8-3-4-9(13)7-11(8)14/h3-4,7H,1-2,5-6H2. The Hall–Kier alpha value is -0.960. The van der Waals surface area contributed by atoms with Crippen LogP contribution in [0.3, 0.4) is 0 Å². The summed E-state index contributed by atoms with van der Waals surface area (Å²) in [5, 5.41) is 0. The van der Waals surface area contributed by atoms with Crippen LogP contribution in [0.4, 0.5) is 8.78 Å². The predicted octanol–water partition coefficient (Wildman–Crippen LogP) is 3.10. The number of halogens is 3. The van der Waals surface area contributed by atoms with E-state index in [-0.39, 0.29) is 17.8 Å². The molecular formula is C11H11ClF2O. The summed E-state index contributed by atoms with van der Waals surface area (Å²) in [6.07, 6.45) is 0.923. The van der Waals surface area contributed by atoms with E-state index in [4.69, 9.17) is 11.6 Å². The Morgan fingerprint density at radius 3 is 2.67 bits per heavy atom. The third-order valence-corrected chi connectivity index (χ3v) is 2.26. The van der Waals surface area contributed by atoms with Crippen LogP contribution in [0.25, 0.3) is 0 Å². The molecule has 1 nitrogen and oxygen atoms in total. The van der Waals surface area contributed by atoms with Gasteiger partial charge in [0.25, 0.3) is 0 Å². The molecule has 1 rings (SSSR count). The molecule has 0 heterocycles. The fraction of sp³-hybridized carbons (Fsp3) is 0.364. The Morgan fingerprint density at radius 1 is 1.33 bits per heavy atom. The van der Waals surface area contributed by atoms with E-state index in [0.717, 1.165) is 12.1 Å². The SMILES string of the molecule is O=C(CCCCl)Cc1ccc(F)cc1F. The molecule has 0 atom stereocenters. The summed E-state index contributed by atoms with van der Waals surface area (Å²) in [5.41, 5.74) is 0.232. The van der Waals surface area contributed by atoms with E-state index in [1.807, 2.05) is 0 Å². The van der Waals surface area contributed by atoms with Crippen molar-refractivity contribution in [2.75, 3.05) is 5.88 Å². The molecule has 0 aromatic heterocycles. The maximum atomic E-state index is 13.1. The highest BCUT2D eigenvalue weighted by Gasteiger charge is 2.08. The number of carbonyl (C=O) groups excluding carboxylic acids is 1. The van der Waals surface area contributed by atoms with Crippen LogP contribution in [0.2, 0.25) is 0 Å². The second-order valence-electron chi connectivity index (χ2n) is 3.24. The van der Waals surface area contributed by atoms with Crippen LogP contribution in [0, 0.1) is 11.6 Å². The minimum Gasteiger partial charge on any atom is -0.299 e. The van der Waals surface area contributed by atoms with Gasteiger partial charge in [-0.2, -0.15) is 0 Å². The van der Waals surface area contributed by atoms with Gasteiger partial charge in [-0.1, -0.05) is 6.07 Å². The molecule has 1 aromatic carbocycles. The highest BCUT2D eigenvalue weighted by Crippen LogP contribution is 2.11. The second-order valence-corrected chi connectivity index (χ2v) is 3.62. The lowest BCUT2D eigenvalue weighted by atomic mass is 10.1. The second kappa shape index (κ2) is 5.81. The Kier molecular flexibility index (Phi) is 4.69. The molecule has 1 aromatic rings. The van der Waals surface area contributed by atoms with Crippen LogP contribution in [-0.2, 0) is 11.2 Å². The number of rotatable bonds is 5. The van der Waals surface area contributed by atoms with Crippen LogP contribution in [0.1, 0.15) is 18.4 Å². The van der Waals surface area contributed by atoms with Crippen molar-refractivity contribution in [1.82, 2.24) is 0 Å².